The SMILES string of the molecule is COc1ccc([C@]23CC[C@@]2(c2ccc(OC)cc2)[C@@H]2C(=O)OC(=O)[C@@H]23)cc1. The lowest BCUT2D eigenvalue weighted by Crippen LogP contribution is -2.77. The van der Waals surface area contributed by atoms with Gasteiger partial charge in [-0.3, -0.25) is 9.59 Å². The summed E-state index contributed by atoms with van der Waals surface area (Å²) in [6, 6.07) is 15.7. The van der Waals surface area contributed by atoms with Gasteiger partial charge in [0.25, 0.3) is 0 Å². The second-order valence-electron chi connectivity index (χ2n) is 7.60. The first kappa shape index (κ1) is 16.4. The second-order valence-corrected chi connectivity index (χ2v) is 7.60. The van der Waals surface area contributed by atoms with Gasteiger partial charge in [-0.1, -0.05) is 24.3 Å². The van der Waals surface area contributed by atoms with Gasteiger partial charge in [-0.15, -0.1) is 0 Å². The number of rotatable bonds is 4. The molecule has 0 unspecified atom stereocenters. The Morgan fingerprint density at radius 2 is 1.11 bits per heavy atom. The molecular formula is C22H20O5. The smallest absolute Gasteiger partial charge is 0.318 e. The number of carbonyl (C=O) groups excluding carboxylic acids is 2. The van der Waals surface area contributed by atoms with E-state index < -0.39 is 22.7 Å². The second kappa shape index (κ2) is 5.35. The molecule has 1 aliphatic heterocycles. The highest BCUT2D eigenvalue weighted by Gasteiger charge is 2.84. The van der Waals surface area contributed by atoms with Crippen LogP contribution in [0.2, 0.25) is 0 Å². The molecule has 0 spiro atoms. The van der Waals surface area contributed by atoms with E-state index in [-0.39, 0.29) is 11.9 Å². The third-order valence-electron chi connectivity index (χ3n) is 7.02. The van der Waals surface area contributed by atoms with Crippen LogP contribution >= 0.6 is 0 Å². The van der Waals surface area contributed by atoms with Crippen LogP contribution in [-0.2, 0) is 25.2 Å². The zero-order valence-electron chi connectivity index (χ0n) is 15.2. The molecule has 27 heavy (non-hydrogen) atoms. The van der Waals surface area contributed by atoms with Gasteiger partial charge in [0.05, 0.1) is 26.1 Å². The fraction of sp³-hybridized carbons (Fsp3) is 0.364. The summed E-state index contributed by atoms with van der Waals surface area (Å²) in [6.45, 7) is 0. The minimum absolute atomic E-state index is 0.385. The Morgan fingerprint density at radius 3 is 1.41 bits per heavy atom. The topological polar surface area (TPSA) is 61.8 Å². The number of hydrogen-bond acceptors (Lipinski definition) is 5. The van der Waals surface area contributed by atoms with E-state index in [0.29, 0.717) is 0 Å². The molecule has 4 atom stereocenters. The lowest BCUT2D eigenvalue weighted by Gasteiger charge is -2.73. The summed E-state index contributed by atoms with van der Waals surface area (Å²) in [5, 5.41) is 0. The molecule has 0 radical (unpaired) electrons. The lowest BCUT2D eigenvalue weighted by atomic mass is 9.26. The Hall–Kier alpha value is -2.82. The van der Waals surface area contributed by atoms with E-state index in [1.165, 1.54) is 0 Å². The average Bonchev–Trinajstić information content (AvgIpc) is 2.96. The number of esters is 2. The third-order valence-corrected chi connectivity index (χ3v) is 7.02. The maximum Gasteiger partial charge on any atom is 0.318 e. The van der Waals surface area contributed by atoms with Crippen LogP contribution in [-0.4, -0.2) is 26.2 Å². The predicted octanol–water partition coefficient (Wildman–Crippen LogP) is 3.00. The van der Waals surface area contributed by atoms with Gasteiger partial charge in [-0.2, -0.15) is 0 Å². The molecule has 138 valence electrons. The summed E-state index contributed by atoms with van der Waals surface area (Å²) in [5.74, 6) is -0.0475. The molecule has 0 bridgehead atoms. The van der Waals surface area contributed by atoms with Gasteiger partial charge >= 0.3 is 11.9 Å². The quantitative estimate of drug-likeness (QED) is 0.616. The Morgan fingerprint density at radius 1 is 0.741 bits per heavy atom. The Kier molecular flexibility index (Phi) is 3.24. The molecule has 2 aromatic carbocycles. The van der Waals surface area contributed by atoms with Gasteiger partial charge in [-0.05, 0) is 48.2 Å². The summed E-state index contributed by atoms with van der Waals surface area (Å²) in [4.78, 5) is 25.0. The molecule has 2 aliphatic carbocycles. The van der Waals surface area contributed by atoms with Gasteiger partial charge in [0.15, 0.2) is 0 Å². The van der Waals surface area contributed by atoms with Crippen molar-refractivity contribution in [2.45, 2.75) is 23.7 Å². The highest BCUT2D eigenvalue weighted by Crippen LogP contribution is 2.78. The van der Waals surface area contributed by atoms with Crippen molar-refractivity contribution in [2.24, 2.45) is 11.8 Å². The summed E-state index contributed by atoms with van der Waals surface area (Å²) in [7, 11) is 3.26. The first-order chi connectivity index (χ1) is 13.1. The van der Waals surface area contributed by atoms with Crippen molar-refractivity contribution >= 4 is 11.9 Å². The number of fused-ring (bicyclic) bond motifs is 4. The molecule has 2 aromatic rings. The molecule has 0 amide bonds. The molecule has 3 fully saturated rings. The van der Waals surface area contributed by atoms with E-state index in [2.05, 4.69) is 0 Å². The van der Waals surface area contributed by atoms with Gasteiger partial charge in [0, 0.05) is 10.8 Å². The average molecular weight is 364 g/mol. The fourth-order valence-corrected chi connectivity index (χ4v) is 5.84. The van der Waals surface area contributed by atoms with Crippen molar-refractivity contribution < 1.29 is 23.8 Å². The maximum atomic E-state index is 12.5. The van der Waals surface area contributed by atoms with Crippen molar-refractivity contribution in [1.29, 1.82) is 0 Å². The minimum atomic E-state index is -0.408. The van der Waals surface area contributed by atoms with Crippen LogP contribution < -0.4 is 9.47 Å². The van der Waals surface area contributed by atoms with Gasteiger partial charge in [0.1, 0.15) is 11.5 Å². The molecule has 0 aromatic heterocycles. The number of cyclic esters (lactones) is 2. The van der Waals surface area contributed by atoms with Gasteiger partial charge in [-0.25, -0.2) is 0 Å². The first-order valence-corrected chi connectivity index (χ1v) is 9.13. The number of carbonyl (C=O) groups is 2. The minimum Gasteiger partial charge on any atom is -0.497 e. The highest BCUT2D eigenvalue weighted by molar-refractivity contribution is 6.02. The van der Waals surface area contributed by atoms with Crippen molar-refractivity contribution in [3.63, 3.8) is 0 Å². The molecule has 5 nitrogen and oxygen atoms in total. The largest absolute Gasteiger partial charge is 0.497 e. The van der Waals surface area contributed by atoms with E-state index in [4.69, 9.17) is 14.2 Å². The number of benzene rings is 2. The number of ether oxygens (including phenoxy) is 3. The van der Waals surface area contributed by atoms with Crippen LogP contribution in [0.4, 0.5) is 0 Å². The van der Waals surface area contributed by atoms with E-state index in [9.17, 15) is 9.59 Å². The highest BCUT2D eigenvalue weighted by atomic mass is 16.6. The standard InChI is InChI=1S/C22H20O5/c1-25-15-7-3-13(4-8-15)21-11-12-22(21,14-5-9-16(26-2)10-6-14)18-17(21)19(23)27-20(18)24/h3-10,17-18H,11-12H2,1-2H3/t17-,18+,21+,22-. The van der Waals surface area contributed by atoms with E-state index in [1.54, 1.807) is 14.2 Å². The molecule has 5 rings (SSSR count). The molecule has 1 heterocycles. The van der Waals surface area contributed by atoms with Crippen LogP contribution in [0.25, 0.3) is 0 Å². The fourth-order valence-electron chi connectivity index (χ4n) is 5.84. The summed E-state index contributed by atoms with van der Waals surface area (Å²) in [5.41, 5.74) is 1.33. The Balaban J connectivity index is 1.67. The van der Waals surface area contributed by atoms with Crippen molar-refractivity contribution in [3.05, 3.63) is 59.7 Å². The molecule has 2 saturated carbocycles. The number of methoxy groups -OCH3 is 2. The van der Waals surface area contributed by atoms with Crippen LogP contribution in [0.1, 0.15) is 24.0 Å². The number of hydrogen-bond donors (Lipinski definition) is 0. The summed E-state index contributed by atoms with van der Waals surface area (Å²) in [6.07, 6.45) is 1.71. The molecule has 5 heteroatoms. The maximum absolute atomic E-state index is 12.5. The molecule has 0 N–H and O–H groups in total. The van der Waals surface area contributed by atoms with E-state index in [0.717, 1.165) is 35.5 Å². The lowest BCUT2D eigenvalue weighted by molar-refractivity contribution is -0.174. The monoisotopic (exact) mass is 364 g/mol. The van der Waals surface area contributed by atoms with Crippen LogP contribution in [0.3, 0.4) is 0 Å². The normalized spacial score (nSPS) is 33.3. The summed E-state index contributed by atoms with van der Waals surface area (Å²) < 4.78 is 15.6. The zero-order valence-corrected chi connectivity index (χ0v) is 15.2. The molecule has 1 saturated heterocycles. The van der Waals surface area contributed by atoms with Crippen molar-refractivity contribution in [1.82, 2.24) is 0 Å². The van der Waals surface area contributed by atoms with Crippen LogP contribution in [0.5, 0.6) is 11.5 Å². The first-order valence-electron chi connectivity index (χ1n) is 9.13. The van der Waals surface area contributed by atoms with E-state index >= 15 is 0 Å². The molecule has 3 aliphatic rings. The predicted molar refractivity (Wildman–Crippen MR) is 96.7 cm³/mol. The zero-order chi connectivity index (χ0) is 18.8. The van der Waals surface area contributed by atoms with E-state index in [1.807, 2.05) is 48.5 Å². The Bertz CT molecular complexity index is 855. The van der Waals surface area contributed by atoms with Gasteiger partial charge < -0.3 is 14.2 Å². The summed E-state index contributed by atoms with van der Waals surface area (Å²) >= 11 is 0. The third kappa shape index (κ3) is 1.75. The van der Waals surface area contributed by atoms with Crippen molar-refractivity contribution in [3.8, 4) is 11.5 Å². The van der Waals surface area contributed by atoms with Crippen LogP contribution in [0.15, 0.2) is 48.5 Å². The Labute approximate surface area is 157 Å². The van der Waals surface area contributed by atoms with Crippen LogP contribution in [0, 0.1) is 11.8 Å². The van der Waals surface area contributed by atoms with Gasteiger partial charge in [0.2, 0.25) is 0 Å². The van der Waals surface area contributed by atoms with Crippen molar-refractivity contribution in [2.75, 3.05) is 14.2 Å². The molecular weight excluding hydrogens is 344 g/mol.